The number of rotatable bonds is 9. The lowest BCUT2D eigenvalue weighted by molar-refractivity contribution is -0.140. The minimum Gasteiger partial charge on any atom is -0.396 e. The van der Waals surface area contributed by atoms with E-state index in [0.717, 1.165) is 5.56 Å². The summed E-state index contributed by atoms with van der Waals surface area (Å²) in [5.74, 6) is -2.36. The number of carbonyl (C=O) groups is 3. The summed E-state index contributed by atoms with van der Waals surface area (Å²) in [5, 5.41) is 15.7. The van der Waals surface area contributed by atoms with Gasteiger partial charge in [-0.15, -0.1) is 0 Å². The molecule has 1 spiro atoms. The van der Waals surface area contributed by atoms with Crippen molar-refractivity contribution in [2.75, 3.05) is 18.5 Å². The third kappa shape index (κ3) is 4.78. The first-order valence-electron chi connectivity index (χ1n) is 12.5. The van der Waals surface area contributed by atoms with Crippen molar-refractivity contribution in [1.82, 2.24) is 10.2 Å². The lowest BCUT2D eigenvalue weighted by Gasteiger charge is -2.34. The zero-order valence-corrected chi connectivity index (χ0v) is 22.5. The summed E-state index contributed by atoms with van der Waals surface area (Å²) in [4.78, 5) is 42.4. The number of aliphatic hydroxyl groups is 1. The van der Waals surface area contributed by atoms with Gasteiger partial charge in [0.1, 0.15) is 11.6 Å². The summed E-state index contributed by atoms with van der Waals surface area (Å²) in [6.45, 7) is 0.616. The zero-order chi connectivity index (χ0) is 26.2. The van der Waals surface area contributed by atoms with Crippen molar-refractivity contribution in [2.24, 2.45) is 11.8 Å². The van der Waals surface area contributed by atoms with Crippen molar-refractivity contribution in [3.63, 3.8) is 0 Å². The quantitative estimate of drug-likeness (QED) is 0.307. The molecule has 37 heavy (non-hydrogen) atoms. The molecule has 0 saturated carbocycles. The molecule has 2 aromatic rings. The Kier molecular flexibility index (Phi) is 7.58. The maximum absolute atomic E-state index is 13.9. The second-order valence-electron chi connectivity index (χ2n) is 9.83. The number of nitrogens with zero attached hydrogens (tertiary/aromatic N) is 1. The number of aliphatic hydroxyl groups excluding tert-OH is 1. The highest BCUT2D eigenvalue weighted by molar-refractivity contribution is 9.09. The molecule has 3 amide bonds. The van der Waals surface area contributed by atoms with Gasteiger partial charge in [-0.3, -0.25) is 14.4 Å². The molecule has 3 unspecified atom stereocenters. The predicted molar refractivity (Wildman–Crippen MR) is 142 cm³/mol. The summed E-state index contributed by atoms with van der Waals surface area (Å²) in [6, 6.07) is 15.4. The molecule has 0 radical (unpaired) electrons. The fourth-order valence-corrected chi connectivity index (χ4v) is 7.08. The average Bonchev–Trinajstić information content (AvgIpc) is 3.48. The molecular formula is C27H29BrClN3O5. The minimum atomic E-state index is -1.12. The van der Waals surface area contributed by atoms with Crippen molar-refractivity contribution < 1.29 is 24.2 Å². The molecule has 2 bridgehead atoms. The van der Waals surface area contributed by atoms with E-state index >= 15 is 0 Å². The first-order chi connectivity index (χ1) is 17.9. The van der Waals surface area contributed by atoms with Crippen molar-refractivity contribution in [3.8, 4) is 0 Å². The van der Waals surface area contributed by atoms with Crippen LogP contribution < -0.4 is 10.6 Å². The first-order valence-corrected chi connectivity index (χ1v) is 13.8. The Hall–Kier alpha value is -2.46. The number of amides is 3. The number of halogens is 2. The molecule has 196 valence electrons. The van der Waals surface area contributed by atoms with Crippen LogP contribution in [0.3, 0.4) is 0 Å². The van der Waals surface area contributed by atoms with Crippen LogP contribution in [0.4, 0.5) is 5.69 Å². The van der Waals surface area contributed by atoms with E-state index in [4.69, 9.17) is 16.3 Å². The second-order valence-corrected chi connectivity index (χ2v) is 11.4. The number of fused-ring (bicyclic) bond motifs is 1. The van der Waals surface area contributed by atoms with Crippen molar-refractivity contribution in [3.05, 3.63) is 65.2 Å². The molecule has 3 heterocycles. The van der Waals surface area contributed by atoms with Crippen molar-refractivity contribution in [1.29, 1.82) is 0 Å². The number of unbranched alkanes of at least 4 members (excludes halogenated alkanes) is 1. The van der Waals surface area contributed by atoms with Gasteiger partial charge in [0.25, 0.3) is 0 Å². The maximum Gasteiger partial charge on any atom is 0.250 e. The highest BCUT2D eigenvalue weighted by Crippen LogP contribution is 2.60. The molecule has 0 aromatic heterocycles. The van der Waals surface area contributed by atoms with E-state index in [2.05, 4.69) is 26.6 Å². The van der Waals surface area contributed by atoms with Crippen LogP contribution in [0.5, 0.6) is 0 Å². The summed E-state index contributed by atoms with van der Waals surface area (Å²) in [5.41, 5.74) is 0.381. The third-order valence-electron chi connectivity index (χ3n) is 7.57. The van der Waals surface area contributed by atoms with Gasteiger partial charge >= 0.3 is 0 Å². The molecule has 10 heteroatoms. The van der Waals surface area contributed by atoms with E-state index in [1.807, 2.05) is 30.3 Å². The van der Waals surface area contributed by atoms with E-state index in [1.165, 1.54) is 0 Å². The van der Waals surface area contributed by atoms with Crippen LogP contribution in [-0.2, 0) is 25.7 Å². The van der Waals surface area contributed by atoms with E-state index in [9.17, 15) is 19.5 Å². The molecule has 5 rings (SSSR count). The minimum absolute atomic E-state index is 0.00912. The molecule has 3 aliphatic rings. The number of ether oxygens (including phenoxy) is 1. The summed E-state index contributed by atoms with van der Waals surface area (Å²) < 4.78 is 6.48. The topological polar surface area (TPSA) is 108 Å². The first kappa shape index (κ1) is 26.2. The fourth-order valence-electron chi connectivity index (χ4n) is 6.01. The molecule has 2 aromatic carbocycles. The zero-order valence-electron chi connectivity index (χ0n) is 20.1. The summed E-state index contributed by atoms with van der Waals surface area (Å²) >= 11 is 9.66. The molecular weight excluding hydrogens is 562 g/mol. The predicted octanol–water partition coefficient (Wildman–Crippen LogP) is 3.12. The van der Waals surface area contributed by atoms with Gasteiger partial charge in [-0.1, -0.05) is 57.9 Å². The standard InChI is InChI=1S/C27H29BrClN3O5/c28-19-14-27-21(20(22(19)37-27)24(34)30-15-16-6-2-1-3-7-16)26(36)32(12-4-5-13-33)23(27)25(35)31-18-10-8-17(29)9-11-18/h1-3,6-11,19-23,33H,4-5,12-15H2,(H,30,34)(H,31,35)/t19?,20-,21-,22-,23?,27?/m0/s1. The highest BCUT2D eigenvalue weighted by Gasteiger charge is 2.76. The van der Waals surface area contributed by atoms with Gasteiger partial charge in [-0.2, -0.15) is 0 Å². The SMILES string of the molecule is O=C(Nc1ccc(Cl)cc1)C1N(CCCCO)C(=O)[C@@H]2[C@H](C(=O)NCc3ccccc3)[C@H]3OC12CC3Br. The van der Waals surface area contributed by atoms with Gasteiger partial charge in [0.15, 0.2) is 0 Å². The Morgan fingerprint density at radius 2 is 1.84 bits per heavy atom. The molecule has 8 nitrogen and oxygen atoms in total. The van der Waals surface area contributed by atoms with Gasteiger partial charge in [-0.05, 0) is 49.1 Å². The summed E-state index contributed by atoms with van der Waals surface area (Å²) in [6.07, 6.45) is 0.946. The van der Waals surface area contributed by atoms with Crippen LogP contribution in [0, 0.1) is 11.8 Å². The van der Waals surface area contributed by atoms with Crippen LogP contribution in [0.2, 0.25) is 5.02 Å². The van der Waals surface area contributed by atoms with Gasteiger partial charge < -0.3 is 25.4 Å². The Labute approximate surface area is 228 Å². The monoisotopic (exact) mass is 589 g/mol. The smallest absolute Gasteiger partial charge is 0.250 e. The number of hydrogen-bond acceptors (Lipinski definition) is 5. The lowest BCUT2D eigenvalue weighted by Crippen LogP contribution is -2.54. The van der Waals surface area contributed by atoms with Crippen LogP contribution >= 0.6 is 27.5 Å². The van der Waals surface area contributed by atoms with Gasteiger partial charge in [0.05, 0.1) is 17.9 Å². The Bertz CT molecular complexity index is 1170. The largest absolute Gasteiger partial charge is 0.396 e. The average molecular weight is 591 g/mol. The number of alkyl halides is 1. The van der Waals surface area contributed by atoms with Gasteiger partial charge in [0.2, 0.25) is 17.7 Å². The Morgan fingerprint density at radius 1 is 1.11 bits per heavy atom. The van der Waals surface area contributed by atoms with E-state index in [1.54, 1.807) is 29.2 Å². The summed E-state index contributed by atoms with van der Waals surface area (Å²) in [7, 11) is 0. The number of nitrogens with one attached hydrogen (secondary N) is 2. The number of benzene rings is 2. The van der Waals surface area contributed by atoms with E-state index in [0.29, 0.717) is 36.5 Å². The Morgan fingerprint density at radius 3 is 2.54 bits per heavy atom. The number of carbonyl (C=O) groups excluding carboxylic acids is 3. The maximum atomic E-state index is 13.9. The lowest BCUT2D eigenvalue weighted by atomic mass is 9.70. The highest BCUT2D eigenvalue weighted by atomic mass is 79.9. The molecule has 6 atom stereocenters. The van der Waals surface area contributed by atoms with Crippen molar-refractivity contribution in [2.45, 2.75) is 48.4 Å². The van der Waals surface area contributed by atoms with Crippen LogP contribution in [0.1, 0.15) is 24.8 Å². The third-order valence-corrected chi connectivity index (χ3v) is 8.67. The van der Waals surface area contributed by atoms with Crippen LogP contribution in [0.15, 0.2) is 54.6 Å². The number of likely N-dealkylation sites (tertiary alicyclic amines) is 1. The molecule has 3 aliphatic heterocycles. The number of anilines is 1. The molecule has 3 N–H and O–H groups in total. The Balaban J connectivity index is 1.43. The second kappa shape index (κ2) is 10.7. The molecule has 3 saturated heterocycles. The molecule has 0 aliphatic carbocycles. The van der Waals surface area contributed by atoms with E-state index in [-0.39, 0.29) is 35.7 Å². The van der Waals surface area contributed by atoms with Gasteiger partial charge in [-0.25, -0.2) is 0 Å². The van der Waals surface area contributed by atoms with Crippen LogP contribution in [0.25, 0.3) is 0 Å². The number of hydrogen-bond donors (Lipinski definition) is 3. The van der Waals surface area contributed by atoms with Gasteiger partial charge in [0, 0.05) is 35.2 Å². The van der Waals surface area contributed by atoms with Crippen molar-refractivity contribution >= 4 is 50.9 Å². The van der Waals surface area contributed by atoms with E-state index < -0.39 is 29.6 Å². The normalized spacial score (nSPS) is 29.9. The fraction of sp³-hybridized carbons (Fsp3) is 0.444. The van der Waals surface area contributed by atoms with Crippen LogP contribution in [-0.4, -0.2) is 63.5 Å². The molecule has 3 fully saturated rings.